The van der Waals surface area contributed by atoms with E-state index in [-0.39, 0.29) is 12.0 Å². The Hall–Kier alpha value is -0.570. The van der Waals surface area contributed by atoms with Crippen molar-refractivity contribution >= 4 is 5.97 Å². The van der Waals surface area contributed by atoms with Crippen molar-refractivity contribution in [3.8, 4) is 0 Å². The van der Waals surface area contributed by atoms with Gasteiger partial charge < -0.3 is 10.1 Å². The van der Waals surface area contributed by atoms with Crippen LogP contribution < -0.4 is 5.32 Å². The molecule has 0 heterocycles. The van der Waals surface area contributed by atoms with Gasteiger partial charge in [0.2, 0.25) is 0 Å². The third-order valence-electron chi connectivity index (χ3n) is 2.59. The maximum atomic E-state index is 11.4. The molecule has 1 unspecified atom stereocenters. The fourth-order valence-electron chi connectivity index (χ4n) is 1.66. The summed E-state index contributed by atoms with van der Waals surface area (Å²) in [5.41, 5.74) is 0. The molecule has 0 aromatic carbocycles. The van der Waals surface area contributed by atoms with Gasteiger partial charge in [-0.1, -0.05) is 20.3 Å². The van der Waals surface area contributed by atoms with Crippen molar-refractivity contribution in [1.29, 1.82) is 0 Å². The van der Waals surface area contributed by atoms with Crippen LogP contribution in [0.1, 0.15) is 33.1 Å². The van der Waals surface area contributed by atoms with Gasteiger partial charge in [-0.15, -0.1) is 0 Å². The molecule has 1 fully saturated rings. The van der Waals surface area contributed by atoms with Gasteiger partial charge in [0, 0.05) is 6.04 Å². The number of ether oxygens (including phenoxy) is 1. The summed E-state index contributed by atoms with van der Waals surface area (Å²) < 4.78 is 4.77. The Morgan fingerprint density at radius 2 is 2.08 bits per heavy atom. The zero-order valence-electron chi connectivity index (χ0n) is 8.67. The third kappa shape index (κ3) is 2.69. The minimum absolute atomic E-state index is 0.0845. The monoisotopic (exact) mass is 185 g/mol. The van der Waals surface area contributed by atoms with Crippen LogP contribution in [0.3, 0.4) is 0 Å². The van der Waals surface area contributed by atoms with E-state index in [9.17, 15) is 4.79 Å². The molecule has 0 amide bonds. The summed E-state index contributed by atoms with van der Waals surface area (Å²) in [5.74, 6) is 0.383. The molecule has 13 heavy (non-hydrogen) atoms. The van der Waals surface area contributed by atoms with E-state index in [1.165, 1.54) is 13.5 Å². The molecule has 1 aliphatic carbocycles. The minimum atomic E-state index is -0.113. The average Bonchev–Trinajstić information content (AvgIpc) is 1.98. The lowest BCUT2D eigenvalue weighted by molar-refractivity contribution is -0.145. The van der Waals surface area contributed by atoms with Crippen LogP contribution in [0.25, 0.3) is 0 Å². The highest BCUT2D eigenvalue weighted by Crippen LogP contribution is 2.30. The zero-order chi connectivity index (χ0) is 9.84. The molecule has 0 saturated heterocycles. The van der Waals surface area contributed by atoms with Crippen molar-refractivity contribution in [3.05, 3.63) is 0 Å². The van der Waals surface area contributed by atoms with E-state index in [0.717, 1.165) is 12.8 Å². The zero-order valence-corrected chi connectivity index (χ0v) is 8.67. The van der Waals surface area contributed by atoms with Gasteiger partial charge >= 0.3 is 5.97 Å². The number of nitrogens with one attached hydrogen (secondary N) is 1. The molecular weight excluding hydrogens is 166 g/mol. The van der Waals surface area contributed by atoms with E-state index in [4.69, 9.17) is 4.74 Å². The van der Waals surface area contributed by atoms with Crippen molar-refractivity contribution in [2.24, 2.45) is 5.92 Å². The molecule has 1 saturated carbocycles. The normalized spacial score (nSPS) is 19.7. The number of hydrogen-bond donors (Lipinski definition) is 1. The molecule has 0 bridgehead atoms. The number of carbonyl (C=O) groups is 1. The fraction of sp³-hybridized carbons (Fsp3) is 0.900. The molecule has 0 spiro atoms. The van der Waals surface area contributed by atoms with Crippen LogP contribution in [0, 0.1) is 5.92 Å². The maximum Gasteiger partial charge on any atom is 0.323 e. The van der Waals surface area contributed by atoms with Crippen LogP contribution in [0.4, 0.5) is 0 Å². The highest BCUT2D eigenvalue weighted by Gasteiger charge is 2.33. The molecule has 76 valence electrons. The summed E-state index contributed by atoms with van der Waals surface area (Å²) in [6, 6.07) is 0.253. The standard InChI is InChI=1S/C10H19NO2/c1-7(2)11-9(10(12)13-3)8-5-4-6-8/h7-9,11H,4-6H2,1-3H3. The van der Waals surface area contributed by atoms with Crippen LogP contribution in [-0.4, -0.2) is 25.2 Å². The summed E-state index contributed by atoms with van der Waals surface area (Å²) in [5, 5.41) is 3.26. The molecule has 0 radical (unpaired) electrons. The number of carbonyl (C=O) groups excluding carboxylic acids is 1. The molecular formula is C10H19NO2. The molecule has 1 atom stereocenters. The Morgan fingerprint density at radius 1 is 1.46 bits per heavy atom. The summed E-state index contributed by atoms with van der Waals surface area (Å²) >= 11 is 0. The smallest absolute Gasteiger partial charge is 0.323 e. The second-order valence-corrected chi connectivity index (χ2v) is 4.01. The first kappa shape index (κ1) is 10.5. The van der Waals surface area contributed by atoms with Crippen LogP contribution >= 0.6 is 0 Å². The molecule has 0 aromatic heterocycles. The van der Waals surface area contributed by atoms with E-state index in [1.54, 1.807) is 0 Å². The van der Waals surface area contributed by atoms with E-state index in [1.807, 2.05) is 0 Å². The van der Waals surface area contributed by atoms with Crippen LogP contribution in [0.15, 0.2) is 0 Å². The quantitative estimate of drug-likeness (QED) is 0.671. The summed E-state index contributed by atoms with van der Waals surface area (Å²) in [7, 11) is 1.45. The van der Waals surface area contributed by atoms with Gasteiger partial charge in [0.1, 0.15) is 6.04 Å². The van der Waals surface area contributed by atoms with Gasteiger partial charge in [-0.3, -0.25) is 4.79 Å². The average molecular weight is 185 g/mol. The highest BCUT2D eigenvalue weighted by atomic mass is 16.5. The fourth-order valence-corrected chi connectivity index (χ4v) is 1.66. The number of hydrogen-bond acceptors (Lipinski definition) is 3. The topological polar surface area (TPSA) is 38.3 Å². The Kier molecular flexibility index (Phi) is 3.72. The summed E-state index contributed by atoms with van der Waals surface area (Å²) in [4.78, 5) is 11.4. The van der Waals surface area contributed by atoms with E-state index < -0.39 is 0 Å². The first-order valence-electron chi connectivity index (χ1n) is 4.99. The van der Waals surface area contributed by atoms with Crippen molar-refractivity contribution < 1.29 is 9.53 Å². The largest absolute Gasteiger partial charge is 0.468 e. The van der Waals surface area contributed by atoms with Gasteiger partial charge in [0.15, 0.2) is 0 Å². The lowest BCUT2D eigenvalue weighted by Crippen LogP contribution is -2.48. The Balaban J connectivity index is 2.47. The molecule has 3 nitrogen and oxygen atoms in total. The van der Waals surface area contributed by atoms with E-state index in [0.29, 0.717) is 12.0 Å². The van der Waals surface area contributed by atoms with Gasteiger partial charge in [-0.2, -0.15) is 0 Å². The molecule has 1 rings (SSSR count). The lowest BCUT2D eigenvalue weighted by Gasteiger charge is -2.33. The van der Waals surface area contributed by atoms with Gasteiger partial charge in [-0.05, 0) is 18.8 Å². The second-order valence-electron chi connectivity index (χ2n) is 4.01. The Bertz CT molecular complexity index is 176. The predicted octanol–water partition coefficient (Wildman–Crippen LogP) is 1.33. The Labute approximate surface area is 79.8 Å². The van der Waals surface area contributed by atoms with Crippen LogP contribution in [0.2, 0.25) is 0 Å². The minimum Gasteiger partial charge on any atom is -0.468 e. The molecule has 3 heteroatoms. The summed E-state index contributed by atoms with van der Waals surface area (Å²) in [6.45, 7) is 4.10. The molecule has 0 aromatic rings. The first-order valence-corrected chi connectivity index (χ1v) is 4.99. The van der Waals surface area contributed by atoms with Gasteiger partial charge in [-0.25, -0.2) is 0 Å². The number of rotatable bonds is 4. The van der Waals surface area contributed by atoms with Crippen molar-refractivity contribution in [1.82, 2.24) is 5.32 Å². The predicted molar refractivity (Wildman–Crippen MR) is 51.4 cm³/mol. The highest BCUT2D eigenvalue weighted by molar-refractivity contribution is 5.76. The lowest BCUT2D eigenvalue weighted by atomic mass is 9.79. The maximum absolute atomic E-state index is 11.4. The molecule has 1 aliphatic rings. The number of methoxy groups -OCH3 is 1. The van der Waals surface area contributed by atoms with Crippen molar-refractivity contribution in [2.45, 2.75) is 45.2 Å². The Morgan fingerprint density at radius 3 is 2.38 bits per heavy atom. The molecule has 0 aliphatic heterocycles. The molecule has 1 N–H and O–H groups in total. The SMILES string of the molecule is COC(=O)C(NC(C)C)C1CCC1. The van der Waals surface area contributed by atoms with Gasteiger partial charge in [0.25, 0.3) is 0 Å². The number of esters is 1. The van der Waals surface area contributed by atoms with Crippen LogP contribution in [0.5, 0.6) is 0 Å². The van der Waals surface area contributed by atoms with Crippen molar-refractivity contribution in [2.75, 3.05) is 7.11 Å². The van der Waals surface area contributed by atoms with Gasteiger partial charge in [0.05, 0.1) is 7.11 Å². The summed E-state index contributed by atoms with van der Waals surface area (Å²) in [6.07, 6.45) is 3.55. The second kappa shape index (κ2) is 4.61. The third-order valence-corrected chi connectivity index (χ3v) is 2.59. The van der Waals surface area contributed by atoms with E-state index >= 15 is 0 Å². The van der Waals surface area contributed by atoms with Crippen molar-refractivity contribution in [3.63, 3.8) is 0 Å². The first-order chi connectivity index (χ1) is 6.15. The van der Waals surface area contributed by atoms with E-state index in [2.05, 4.69) is 19.2 Å². The van der Waals surface area contributed by atoms with Crippen LogP contribution in [-0.2, 0) is 9.53 Å².